The van der Waals surface area contributed by atoms with Crippen molar-refractivity contribution in [2.45, 2.75) is 11.8 Å². The van der Waals surface area contributed by atoms with E-state index in [2.05, 4.69) is 9.71 Å². The minimum Gasteiger partial charge on any atom is -0.494 e. The van der Waals surface area contributed by atoms with E-state index in [0.717, 1.165) is 6.07 Å². The molecule has 33 heavy (non-hydrogen) atoms. The van der Waals surface area contributed by atoms with Crippen LogP contribution in [0.4, 0.5) is 10.1 Å². The molecule has 0 bridgehead atoms. The van der Waals surface area contributed by atoms with E-state index in [4.69, 9.17) is 9.47 Å². The highest BCUT2D eigenvalue weighted by atomic mass is 32.2. The second kappa shape index (κ2) is 8.55. The minimum atomic E-state index is -4.12. The summed E-state index contributed by atoms with van der Waals surface area (Å²) in [5.74, 6) is -0.241. The van der Waals surface area contributed by atoms with Gasteiger partial charge in [0.15, 0.2) is 11.6 Å². The topological polar surface area (TPSA) is 99.5 Å². The van der Waals surface area contributed by atoms with E-state index < -0.39 is 15.8 Å². The highest BCUT2D eigenvalue weighted by Crippen LogP contribution is 2.30. The van der Waals surface area contributed by atoms with Crippen LogP contribution in [0.1, 0.15) is 5.82 Å². The number of aromatic nitrogens is 2. The van der Waals surface area contributed by atoms with E-state index in [1.165, 1.54) is 43.1 Å². The van der Waals surface area contributed by atoms with E-state index in [1.807, 2.05) is 0 Å². The summed E-state index contributed by atoms with van der Waals surface area (Å²) in [7, 11) is -1.46. The van der Waals surface area contributed by atoms with Crippen LogP contribution in [-0.2, 0) is 10.0 Å². The standard InChI is InChI=1S/C23H20FN3O5S/c1-14-25-19-7-5-4-6-17(19)23(28)27(14)15-8-10-20(22(12-15)32-3)26-33(29,30)16-9-11-21(31-2)18(24)13-16/h4-13,26H,1-3H3. The normalized spacial score (nSPS) is 11.4. The van der Waals surface area contributed by atoms with Crippen LogP contribution in [0.3, 0.4) is 0 Å². The lowest BCUT2D eigenvalue weighted by molar-refractivity contribution is 0.385. The first-order chi connectivity index (χ1) is 15.7. The fourth-order valence-corrected chi connectivity index (χ4v) is 4.55. The van der Waals surface area contributed by atoms with Gasteiger partial charge >= 0.3 is 0 Å². The smallest absolute Gasteiger partial charge is 0.265 e. The molecule has 4 rings (SSSR count). The van der Waals surface area contributed by atoms with E-state index in [9.17, 15) is 17.6 Å². The van der Waals surface area contributed by atoms with E-state index >= 15 is 0 Å². The average Bonchev–Trinajstić information content (AvgIpc) is 2.79. The summed E-state index contributed by atoms with van der Waals surface area (Å²) in [6.07, 6.45) is 0. The Morgan fingerprint density at radius 2 is 1.70 bits per heavy atom. The van der Waals surface area contributed by atoms with Crippen molar-refractivity contribution in [2.24, 2.45) is 0 Å². The second-order valence-electron chi connectivity index (χ2n) is 7.10. The highest BCUT2D eigenvalue weighted by molar-refractivity contribution is 7.92. The van der Waals surface area contributed by atoms with Crippen molar-refractivity contribution in [3.05, 3.63) is 82.7 Å². The van der Waals surface area contributed by atoms with Gasteiger partial charge in [-0.15, -0.1) is 0 Å². The fourth-order valence-electron chi connectivity index (χ4n) is 3.47. The Morgan fingerprint density at radius 1 is 0.970 bits per heavy atom. The molecule has 1 aromatic heterocycles. The summed E-state index contributed by atoms with van der Waals surface area (Å²) < 4.78 is 53.6. The Morgan fingerprint density at radius 3 is 2.39 bits per heavy atom. The number of hydrogen-bond donors (Lipinski definition) is 1. The number of fused-ring (bicyclic) bond motifs is 1. The van der Waals surface area contributed by atoms with Crippen LogP contribution < -0.4 is 19.8 Å². The maximum absolute atomic E-state index is 14.0. The summed E-state index contributed by atoms with van der Waals surface area (Å²) in [6.45, 7) is 1.70. The lowest BCUT2D eigenvalue weighted by Gasteiger charge is -2.16. The Kier molecular flexibility index (Phi) is 5.77. The zero-order valence-electron chi connectivity index (χ0n) is 18.0. The van der Waals surface area contributed by atoms with Gasteiger partial charge in [-0.25, -0.2) is 17.8 Å². The molecular formula is C23H20FN3O5S. The number of anilines is 1. The number of hydrogen-bond acceptors (Lipinski definition) is 6. The van der Waals surface area contributed by atoms with Crippen LogP contribution in [0.5, 0.6) is 11.5 Å². The number of benzene rings is 3. The fraction of sp³-hybridized carbons (Fsp3) is 0.130. The molecule has 8 nitrogen and oxygen atoms in total. The first kappa shape index (κ1) is 22.3. The van der Waals surface area contributed by atoms with Crippen LogP contribution >= 0.6 is 0 Å². The van der Waals surface area contributed by atoms with E-state index in [1.54, 1.807) is 37.3 Å². The SMILES string of the molecule is COc1ccc(S(=O)(=O)Nc2ccc(-n3c(C)nc4ccccc4c3=O)cc2OC)cc1F. The average molecular weight is 469 g/mol. The molecule has 10 heteroatoms. The first-order valence-corrected chi connectivity index (χ1v) is 11.3. The number of aryl methyl sites for hydroxylation is 1. The number of para-hydroxylation sites is 1. The van der Waals surface area contributed by atoms with Gasteiger partial charge in [-0.05, 0) is 49.4 Å². The van der Waals surface area contributed by atoms with Crippen molar-refractivity contribution in [3.63, 3.8) is 0 Å². The van der Waals surface area contributed by atoms with Crippen LogP contribution in [-0.4, -0.2) is 32.2 Å². The minimum absolute atomic E-state index is 0.0688. The summed E-state index contributed by atoms with van der Waals surface area (Å²) in [6, 6.07) is 14.9. The molecule has 170 valence electrons. The lowest BCUT2D eigenvalue weighted by atomic mass is 10.2. The van der Waals surface area contributed by atoms with Crippen LogP contribution in [0.15, 0.2) is 70.4 Å². The van der Waals surface area contributed by atoms with Crippen molar-refractivity contribution >= 4 is 26.6 Å². The maximum Gasteiger partial charge on any atom is 0.265 e. The van der Waals surface area contributed by atoms with Crippen molar-refractivity contribution in [3.8, 4) is 17.2 Å². The number of nitrogens with zero attached hydrogens (tertiary/aromatic N) is 2. The van der Waals surface area contributed by atoms with Crippen molar-refractivity contribution in [2.75, 3.05) is 18.9 Å². The highest BCUT2D eigenvalue weighted by Gasteiger charge is 2.20. The first-order valence-electron chi connectivity index (χ1n) is 9.78. The monoisotopic (exact) mass is 469 g/mol. The van der Waals surface area contributed by atoms with Gasteiger partial charge in [0.25, 0.3) is 15.6 Å². The molecule has 4 aromatic rings. The summed E-state index contributed by atoms with van der Waals surface area (Å²) in [5, 5.41) is 0.452. The van der Waals surface area contributed by atoms with Crippen molar-refractivity contribution in [1.82, 2.24) is 9.55 Å². The van der Waals surface area contributed by atoms with E-state index in [-0.39, 0.29) is 27.6 Å². The summed E-state index contributed by atoms with van der Waals surface area (Å²) in [5.41, 5.74) is 0.893. The van der Waals surface area contributed by atoms with Crippen molar-refractivity contribution in [1.29, 1.82) is 0 Å². The molecule has 0 amide bonds. The summed E-state index contributed by atoms with van der Waals surface area (Å²) in [4.78, 5) is 17.3. The lowest BCUT2D eigenvalue weighted by Crippen LogP contribution is -2.22. The third-order valence-corrected chi connectivity index (χ3v) is 6.43. The molecule has 0 saturated heterocycles. The predicted octanol–water partition coefficient (Wildman–Crippen LogP) is 3.65. The Bertz CT molecular complexity index is 1530. The molecule has 1 heterocycles. The second-order valence-corrected chi connectivity index (χ2v) is 8.79. The third kappa shape index (κ3) is 4.12. The number of sulfonamides is 1. The van der Waals surface area contributed by atoms with Crippen LogP contribution in [0.25, 0.3) is 16.6 Å². The van der Waals surface area contributed by atoms with Crippen molar-refractivity contribution < 1.29 is 22.3 Å². The molecule has 1 N–H and O–H groups in total. The quantitative estimate of drug-likeness (QED) is 0.463. The molecule has 0 atom stereocenters. The maximum atomic E-state index is 14.0. The molecule has 0 aliphatic rings. The van der Waals surface area contributed by atoms with Gasteiger partial charge < -0.3 is 9.47 Å². The number of halogens is 1. The molecule has 0 aliphatic carbocycles. The Balaban J connectivity index is 1.75. The largest absolute Gasteiger partial charge is 0.494 e. The number of ether oxygens (including phenoxy) is 2. The zero-order valence-corrected chi connectivity index (χ0v) is 18.8. The predicted molar refractivity (Wildman–Crippen MR) is 122 cm³/mol. The van der Waals surface area contributed by atoms with Gasteiger partial charge in [-0.3, -0.25) is 14.1 Å². The van der Waals surface area contributed by atoms with Gasteiger partial charge in [0.1, 0.15) is 11.6 Å². The van der Waals surface area contributed by atoms with Gasteiger partial charge in [0.05, 0.1) is 41.4 Å². The molecular weight excluding hydrogens is 449 g/mol. The number of nitrogens with one attached hydrogen (secondary N) is 1. The van der Waals surface area contributed by atoms with Gasteiger partial charge in [0, 0.05) is 6.07 Å². The van der Waals surface area contributed by atoms with E-state index in [0.29, 0.717) is 22.4 Å². The molecule has 0 spiro atoms. The van der Waals surface area contributed by atoms with Crippen LogP contribution in [0, 0.1) is 12.7 Å². The molecule has 0 fully saturated rings. The van der Waals surface area contributed by atoms with Gasteiger partial charge in [-0.2, -0.15) is 0 Å². The number of rotatable bonds is 6. The van der Waals surface area contributed by atoms with Gasteiger partial charge in [-0.1, -0.05) is 12.1 Å². The summed E-state index contributed by atoms with van der Waals surface area (Å²) >= 11 is 0. The molecule has 0 unspecified atom stereocenters. The molecule has 0 saturated carbocycles. The Hall–Kier alpha value is -3.92. The van der Waals surface area contributed by atoms with Gasteiger partial charge in [0.2, 0.25) is 0 Å². The molecule has 0 radical (unpaired) electrons. The van der Waals surface area contributed by atoms with Crippen LogP contribution in [0.2, 0.25) is 0 Å². The zero-order chi connectivity index (χ0) is 23.8. The molecule has 3 aromatic carbocycles. The Labute approximate surface area is 189 Å². The third-order valence-electron chi connectivity index (χ3n) is 5.06. The number of methoxy groups -OCH3 is 2. The molecule has 0 aliphatic heterocycles.